The number of ether oxygens (including phenoxy) is 4. The third kappa shape index (κ3) is 21.2. The Kier molecular flexibility index (Phi) is 23.1. The van der Waals surface area contributed by atoms with Crippen LogP contribution in [0, 0.1) is 0 Å². The number of nitrogens with one attached hydrogen (secondary N) is 2. The molecule has 0 atom stereocenters. The van der Waals surface area contributed by atoms with Crippen LogP contribution in [-0.4, -0.2) is 97.4 Å². The van der Waals surface area contributed by atoms with E-state index in [-0.39, 0.29) is 75.3 Å². The van der Waals surface area contributed by atoms with Gasteiger partial charge in [0, 0.05) is 75.8 Å². The predicted molar refractivity (Wildman–Crippen MR) is 166 cm³/mol. The molecule has 0 bridgehead atoms. The van der Waals surface area contributed by atoms with Crippen molar-refractivity contribution in [3.8, 4) is 0 Å². The van der Waals surface area contributed by atoms with Crippen molar-refractivity contribution < 1.29 is 52.5 Å². The van der Waals surface area contributed by atoms with Gasteiger partial charge in [-0.05, 0) is 38.1 Å². The Morgan fingerprint density at radius 3 is 1.55 bits per heavy atom. The van der Waals surface area contributed by atoms with E-state index in [2.05, 4.69) is 30.0 Å². The highest BCUT2D eigenvalue weighted by atomic mass is 16.6. The molecule has 2 aromatic rings. The van der Waals surface area contributed by atoms with Crippen molar-refractivity contribution in [1.82, 2.24) is 20.8 Å². The van der Waals surface area contributed by atoms with Gasteiger partial charge >= 0.3 is 11.9 Å². The van der Waals surface area contributed by atoms with E-state index in [1.54, 1.807) is 12.1 Å². The summed E-state index contributed by atoms with van der Waals surface area (Å²) < 4.78 is 18.9. The van der Waals surface area contributed by atoms with Gasteiger partial charge < -0.3 is 28.5 Å². The predicted octanol–water partition coefficient (Wildman–Crippen LogP) is 0.526. The topological polar surface area (TPSA) is 245 Å². The maximum Gasteiger partial charge on any atom is 0.374 e. The minimum absolute atomic E-state index is 0.0290. The molecule has 256 valence electrons. The smallest absolute Gasteiger partial charge is 0.374 e. The molecule has 2 heterocycles. The van der Waals surface area contributed by atoms with E-state index in [1.165, 1.54) is 65.0 Å². The van der Waals surface area contributed by atoms with Gasteiger partial charge in [0.1, 0.15) is 30.5 Å². The second-order valence-corrected chi connectivity index (χ2v) is 9.03. The summed E-state index contributed by atoms with van der Waals surface area (Å²) in [5.41, 5.74) is 5.12. The maximum atomic E-state index is 11.9. The minimum Gasteiger partial charge on any atom is -0.459 e. The molecule has 0 radical (unpaired) electrons. The van der Waals surface area contributed by atoms with Crippen molar-refractivity contribution in [1.29, 1.82) is 0 Å². The second kappa shape index (κ2) is 26.0. The summed E-state index contributed by atoms with van der Waals surface area (Å²) in [6, 6.07) is 6.19. The van der Waals surface area contributed by atoms with Crippen LogP contribution in [0.25, 0.3) is 0 Å². The Labute approximate surface area is 271 Å². The van der Waals surface area contributed by atoms with Gasteiger partial charge in [0.05, 0.1) is 13.2 Å². The van der Waals surface area contributed by atoms with E-state index in [0.717, 1.165) is 0 Å². The number of pyridine rings is 2. The summed E-state index contributed by atoms with van der Waals surface area (Å²) in [5.74, 6) is 1.61. The lowest BCUT2D eigenvalue weighted by Crippen LogP contribution is -2.29. The molecule has 0 unspecified atom stereocenters. The summed E-state index contributed by atoms with van der Waals surface area (Å²) >= 11 is 0. The lowest BCUT2D eigenvalue weighted by Gasteiger charge is -2.07. The largest absolute Gasteiger partial charge is 0.459 e. The van der Waals surface area contributed by atoms with Gasteiger partial charge in [-0.2, -0.15) is 5.10 Å². The fourth-order valence-electron chi connectivity index (χ4n) is 2.76. The van der Waals surface area contributed by atoms with Crippen molar-refractivity contribution in [2.45, 2.75) is 39.5 Å². The monoisotopic (exact) mass is 660 g/mol. The van der Waals surface area contributed by atoms with Crippen LogP contribution in [0.5, 0.6) is 0 Å². The van der Waals surface area contributed by atoms with Crippen molar-refractivity contribution in [3.63, 3.8) is 0 Å². The van der Waals surface area contributed by atoms with Gasteiger partial charge in [0.25, 0.3) is 11.8 Å². The molecule has 0 spiro atoms. The van der Waals surface area contributed by atoms with Crippen LogP contribution in [0.3, 0.4) is 0 Å². The van der Waals surface area contributed by atoms with Crippen LogP contribution in [0.15, 0.2) is 54.2 Å². The van der Waals surface area contributed by atoms with Crippen molar-refractivity contribution in [2.75, 3.05) is 40.6 Å². The Bertz CT molecular complexity index is 1320. The van der Waals surface area contributed by atoms with Crippen molar-refractivity contribution in [2.24, 2.45) is 10.9 Å². The Hall–Kier alpha value is -5.26. The maximum absolute atomic E-state index is 11.9. The molecule has 2 aromatic heterocycles. The first-order valence-electron chi connectivity index (χ1n) is 14.0. The van der Waals surface area contributed by atoms with E-state index < -0.39 is 23.6 Å². The van der Waals surface area contributed by atoms with Gasteiger partial charge in [0.15, 0.2) is 0 Å². The number of nitrogens with two attached hydrogens (primary N) is 1. The number of nitrogen functional groups attached to an aromatic ring is 1. The number of aromatic nitrogens is 2. The second-order valence-electron chi connectivity index (χ2n) is 9.03. The molecule has 17 nitrogen and oxygen atoms in total. The molecular formula is C30H40N6O11. The molecular weight excluding hydrogens is 620 g/mol. The van der Waals surface area contributed by atoms with Crippen LogP contribution >= 0.6 is 0 Å². The van der Waals surface area contributed by atoms with Crippen LogP contribution in [0.1, 0.15) is 60.2 Å². The molecule has 0 aromatic carbocycles. The van der Waals surface area contributed by atoms with Crippen LogP contribution in [0.4, 0.5) is 0 Å². The number of Topliss-reactive ketones (excluding diaryl/α,β-unsaturated/α-hetero) is 3. The zero-order valence-electron chi connectivity index (χ0n) is 26.7. The number of carbonyl (C=O) groups excluding carboxylic acids is 7. The number of hydrogen-bond acceptors (Lipinski definition) is 15. The van der Waals surface area contributed by atoms with Crippen molar-refractivity contribution in [3.05, 3.63) is 60.2 Å². The molecule has 0 saturated heterocycles. The number of methoxy groups -OCH3 is 2. The summed E-state index contributed by atoms with van der Waals surface area (Å²) in [4.78, 5) is 85.5. The number of carbonyl (C=O) groups is 7. The lowest BCUT2D eigenvalue weighted by molar-refractivity contribution is -0.154. The highest BCUT2D eigenvalue weighted by Crippen LogP contribution is 2.00. The number of ketones is 3. The number of rotatable bonds is 17. The molecule has 0 aliphatic rings. The fourth-order valence-corrected chi connectivity index (χ4v) is 2.76. The number of nitrogens with zero attached hydrogens (tertiary/aromatic N) is 3. The quantitative estimate of drug-likeness (QED) is 0.0398. The molecule has 47 heavy (non-hydrogen) atoms. The normalized spacial score (nSPS) is 10.1. The van der Waals surface area contributed by atoms with Crippen LogP contribution in [0.2, 0.25) is 0 Å². The van der Waals surface area contributed by atoms with Crippen LogP contribution < -0.4 is 16.7 Å². The van der Waals surface area contributed by atoms with E-state index in [4.69, 9.17) is 15.3 Å². The zero-order chi connectivity index (χ0) is 35.5. The lowest BCUT2D eigenvalue weighted by atomic mass is 10.1. The Morgan fingerprint density at radius 1 is 0.660 bits per heavy atom. The highest BCUT2D eigenvalue weighted by Gasteiger charge is 2.16. The number of esters is 2. The summed E-state index contributed by atoms with van der Waals surface area (Å²) in [7, 11) is 2.94. The Morgan fingerprint density at radius 2 is 1.11 bits per heavy atom. The average Bonchev–Trinajstić information content (AvgIpc) is 3.08. The van der Waals surface area contributed by atoms with E-state index in [1.807, 2.05) is 5.43 Å². The van der Waals surface area contributed by atoms with E-state index >= 15 is 0 Å². The summed E-state index contributed by atoms with van der Waals surface area (Å²) in [6.45, 7) is 3.39. The highest BCUT2D eigenvalue weighted by molar-refractivity contribution is 6.36. The van der Waals surface area contributed by atoms with Crippen molar-refractivity contribution >= 4 is 46.8 Å². The SMILES string of the molecule is COCCOC(=O)/C(CCC(C)=O)=N\NC(=O)c1ccncc1.COCCOC(=O)C(=O)CCC(C)=O.NNC(=O)c1ccncc1. The molecule has 0 aliphatic heterocycles. The molecule has 0 aliphatic carbocycles. The first-order valence-corrected chi connectivity index (χ1v) is 14.0. The first kappa shape index (κ1) is 41.7. The van der Waals surface area contributed by atoms with Gasteiger partial charge in [-0.1, -0.05) is 0 Å². The van der Waals surface area contributed by atoms with Gasteiger partial charge in [-0.3, -0.25) is 29.8 Å². The number of amides is 2. The van der Waals surface area contributed by atoms with E-state index in [9.17, 15) is 33.6 Å². The van der Waals surface area contributed by atoms with Gasteiger partial charge in [-0.25, -0.2) is 20.9 Å². The van der Waals surface area contributed by atoms with Gasteiger partial charge in [-0.15, -0.1) is 0 Å². The number of hydrazone groups is 1. The standard InChI is InChI=1S/C15H19N3O5.C9H14O5.C6H7N3O/c1-11(19)3-4-13(15(21)23-10-9-22-2)17-18-14(20)12-5-7-16-8-6-12;1-7(10)3-4-8(11)9(12)14-6-5-13-2;7-9-6(10)5-1-3-8-4-2-5/h5-8H,3-4,9-10H2,1-2H3,(H,18,20);3-6H2,1-2H3;1-4H,7H2,(H,9,10)/b17-13-;;. The van der Waals surface area contributed by atoms with E-state index in [0.29, 0.717) is 11.1 Å². The number of hydrogen-bond donors (Lipinski definition) is 3. The third-order valence-corrected chi connectivity index (χ3v) is 5.23. The fraction of sp³-hybridized carbons (Fsp3) is 0.400. The van der Waals surface area contributed by atoms with Gasteiger partial charge in [0.2, 0.25) is 5.78 Å². The molecule has 4 N–H and O–H groups in total. The summed E-state index contributed by atoms with van der Waals surface area (Å²) in [5, 5.41) is 3.78. The minimum atomic E-state index is -0.900. The third-order valence-electron chi connectivity index (χ3n) is 5.23. The first-order chi connectivity index (χ1) is 22.5. The molecule has 17 heteroatoms. The average molecular weight is 661 g/mol. The molecule has 0 saturated carbocycles. The molecule has 2 amide bonds. The molecule has 2 rings (SSSR count). The van der Waals surface area contributed by atoms with Crippen LogP contribution in [-0.2, 0) is 42.9 Å². The summed E-state index contributed by atoms with van der Waals surface area (Å²) in [6.07, 6.45) is 6.21. The zero-order valence-corrected chi connectivity index (χ0v) is 26.7. The molecule has 0 fully saturated rings. The Balaban J connectivity index is 0.000000746. The number of hydrazine groups is 1.